The van der Waals surface area contributed by atoms with Gasteiger partial charge in [0.1, 0.15) is 5.60 Å². The van der Waals surface area contributed by atoms with Crippen molar-refractivity contribution in [2.75, 3.05) is 13.1 Å². The van der Waals surface area contributed by atoms with Crippen LogP contribution in [0.15, 0.2) is 53.4 Å². The minimum Gasteiger partial charge on any atom is -0.450 e. The Kier molecular flexibility index (Phi) is 3.86. The molecule has 7 heteroatoms. The van der Waals surface area contributed by atoms with Crippen LogP contribution in [0.3, 0.4) is 0 Å². The number of esters is 1. The monoisotopic (exact) mass is 377 g/mol. The molecule has 5 nitrogen and oxygen atoms in total. The molecule has 0 radical (unpaired) electrons. The summed E-state index contributed by atoms with van der Waals surface area (Å²) in [7, 11) is -3.61. The molecule has 0 aliphatic carbocycles. The number of rotatable bonds is 2. The fourth-order valence-electron chi connectivity index (χ4n) is 3.58. The van der Waals surface area contributed by atoms with Gasteiger partial charge in [0.25, 0.3) is 0 Å². The van der Waals surface area contributed by atoms with E-state index in [4.69, 9.17) is 16.3 Å². The fraction of sp³-hybridized carbons (Fsp3) is 0.278. The molecule has 2 aromatic rings. The summed E-state index contributed by atoms with van der Waals surface area (Å²) in [5.41, 5.74) is 0.724. The van der Waals surface area contributed by atoms with Gasteiger partial charge in [0.15, 0.2) is 0 Å². The first-order valence-corrected chi connectivity index (χ1v) is 9.83. The molecule has 2 aliphatic rings. The van der Waals surface area contributed by atoms with Gasteiger partial charge in [-0.3, -0.25) is 0 Å². The van der Waals surface area contributed by atoms with E-state index in [0.717, 1.165) is 5.56 Å². The molecule has 2 aromatic carbocycles. The second kappa shape index (κ2) is 5.83. The average Bonchev–Trinajstić information content (AvgIpc) is 2.88. The Bertz CT molecular complexity index is 949. The third-order valence-corrected chi connectivity index (χ3v) is 7.02. The van der Waals surface area contributed by atoms with Crippen LogP contribution in [0.1, 0.15) is 28.8 Å². The molecule has 0 aromatic heterocycles. The van der Waals surface area contributed by atoms with Crippen molar-refractivity contribution in [3.63, 3.8) is 0 Å². The topological polar surface area (TPSA) is 63.7 Å². The van der Waals surface area contributed by atoms with E-state index >= 15 is 0 Å². The van der Waals surface area contributed by atoms with E-state index in [1.54, 1.807) is 24.3 Å². The number of carbonyl (C=O) groups is 1. The van der Waals surface area contributed by atoms with Crippen LogP contribution in [0.4, 0.5) is 0 Å². The molecule has 1 saturated heterocycles. The van der Waals surface area contributed by atoms with Crippen LogP contribution in [0, 0.1) is 0 Å². The second-order valence-electron chi connectivity index (χ2n) is 6.29. The van der Waals surface area contributed by atoms with E-state index in [0.29, 0.717) is 23.4 Å². The molecule has 4 rings (SSSR count). The zero-order chi connectivity index (χ0) is 17.7. The number of sulfonamides is 1. The van der Waals surface area contributed by atoms with Crippen molar-refractivity contribution in [2.45, 2.75) is 23.3 Å². The maximum absolute atomic E-state index is 12.8. The van der Waals surface area contributed by atoms with Gasteiger partial charge < -0.3 is 4.74 Å². The van der Waals surface area contributed by atoms with Gasteiger partial charge in [0.05, 0.1) is 10.5 Å². The van der Waals surface area contributed by atoms with Gasteiger partial charge in [-0.1, -0.05) is 35.9 Å². The second-order valence-corrected chi connectivity index (χ2v) is 8.67. The Morgan fingerprint density at radius 1 is 1.04 bits per heavy atom. The number of piperidine rings is 1. The lowest BCUT2D eigenvalue weighted by atomic mass is 9.84. The van der Waals surface area contributed by atoms with E-state index in [1.165, 1.54) is 16.4 Å². The van der Waals surface area contributed by atoms with Crippen LogP contribution in [0.2, 0.25) is 5.02 Å². The summed E-state index contributed by atoms with van der Waals surface area (Å²) in [4.78, 5) is 12.3. The number of fused-ring (bicyclic) bond motifs is 2. The van der Waals surface area contributed by atoms with Crippen LogP contribution in [-0.4, -0.2) is 31.8 Å². The lowest BCUT2D eigenvalue weighted by molar-refractivity contribution is -0.0329. The van der Waals surface area contributed by atoms with Crippen LogP contribution < -0.4 is 0 Å². The molecular weight excluding hydrogens is 362 g/mol. The predicted molar refractivity (Wildman–Crippen MR) is 93.0 cm³/mol. The SMILES string of the molecule is O=C1OC2(CCN(S(=O)(=O)c3cccc(Cl)c3)CC2)c2ccccc21. The molecule has 1 fully saturated rings. The minimum atomic E-state index is -3.61. The average molecular weight is 378 g/mol. The first-order valence-electron chi connectivity index (χ1n) is 8.01. The normalized spacial score (nSPS) is 19.6. The number of halogens is 1. The lowest BCUT2D eigenvalue weighted by Gasteiger charge is -2.37. The highest BCUT2D eigenvalue weighted by Crippen LogP contribution is 2.44. The number of nitrogens with zero attached hydrogens (tertiary/aromatic N) is 1. The highest BCUT2D eigenvalue weighted by Gasteiger charge is 2.48. The quantitative estimate of drug-likeness (QED) is 0.754. The number of ether oxygens (including phenoxy) is 1. The third kappa shape index (κ3) is 2.65. The molecule has 0 bridgehead atoms. The largest absolute Gasteiger partial charge is 0.450 e. The summed E-state index contributed by atoms with van der Waals surface area (Å²) in [5.74, 6) is -0.332. The number of carbonyl (C=O) groups excluding carboxylic acids is 1. The smallest absolute Gasteiger partial charge is 0.339 e. The van der Waals surface area contributed by atoms with Gasteiger partial charge in [0, 0.05) is 36.5 Å². The van der Waals surface area contributed by atoms with Crippen molar-refractivity contribution in [1.82, 2.24) is 4.31 Å². The Morgan fingerprint density at radius 2 is 1.76 bits per heavy atom. The standard InChI is InChI=1S/C18H16ClNO4S/c19-13-4-3-5-14(12-13)25(22,23)20-10-8-18(9-11-20)16-7-2-1-6-15(16)17(21)24-18/h1-7,12H,8-11H2. The van der Waals surface area contributed by atoms with E-state index < -0.39 is 15.6 Å². The number of hydrogen-bond acceptors (Lipinski definition) is 4. The van der Waals surface area contributed by atoms with E-state index in [9.17, 15) is 13.2 Å². The van der Waals surface area contributed by atoms with Crippen LogP contribution in [-0.2, 0) is 20.4 Å². The van der Waals surface area contributed by atoms with Crippen molar-refractivity contribution in [1.29, 1.82) is 0 Å². The van der Waals surface area contributed by atoms with Gasteiger partial charge in [0.2, 0.25) is 10.0 Å². The maximum Gasteiger partial charge on any atom is 0.339 e. The summed E-state index contributed by atoms with van der Waals surface area (Å²) >= 11 is 5.92. The van der Waals surface area contributed by atoms with Gasteiger partial charge in [-0.05, 0) is 24.3 Å². The van der Waals surface area contributed by atoms with Crippen LogP contribution in [0.5, 0.6) is 0 Å². The van der Waals surface area contributed by atoms with E-state index in [-0.39, 0.29) is 24.0 Å². The Balaban J connectivity index is 1.60. The summed E-state index contributed by atoms with van der Waals surface area (Å²) in [5, 5.41) is 0.383. The molecule has 1 spiro atoms. The molecule has 0 saturated carbocycles. The molecule has 0 amide bonds. The minimum absolute atomic E-state index is 0.180. The van der Waals surface area contributed by atoms with Gasteiger partial charge in [-0.25, -0.2) is 13.2 Å². The Morgan fingerprint density at radius 3 is 2.48 bits per heavy atom. The molecule has 0 atom stereocenters. The van der Waals surface area contributed by atoms with Crippen LogP contribution >= 0.6 is 11.6 Å². The van der Waals surface area contributed by atoms with Crippen molar-refractivity contribution in [3.05, 3.63) is 64.7 Å². The predicted octanol–water partition coefficient (Wildman–Crippen LogP) is 3.19. The zero-order valence-electron chi connectivity index (χ0n) is 13.3. The highest BCUT2D eigenvalue weighted by atomic mass is 35.5. The van der Waals surface area contributed by atoms with E-state index in [1.807, 2.05) is 12.1 Å². The Labute approximate surface area is 151 Å². The molecule has 0 N–H and O–H groups in total. The van der Waals surface area contributed by atoms with Crippen molar-refractivity contribution >= 4 is 27.6 Å². The van der Waals surface area contributed by atoms with E-state index in [2.05, 4.69) is 0 Å². The summed E-state index contributed by atoms with van der Waals surface area (Å²) in [6, 6.07) is 13.6. The van der Waals surface area contributed by atoms with Gasteiger partial charge in [-0.2, -0.15) is 4.31 Å². The Hall–Kier alpha value is -1.89. The summed E-state index contributed by atoms with van der Waals surface area (Å²) in [6.45, 7) is 0.576. The number of benzene rings is 2. The molecule has 25 heavy (non-hydrogen) atoms. The highest BCUT2D eigenvalue weighted by molar-refractivity contribution is 7.89. The first kappa shape index (κ1) is 16.6. The molecule has 0 unspecified atom stereocenters. The molecule has 2 aliphatic heterocycles. The zero-order valence-corrected chi connectivity index (χ0v) is 14.9. The van der Waals surface area contributed by atoms with Crippen molar-refractivity contribution in [3.8, 4) is 0 Å². The lowest BCUT2D eigenvalue weighted by Crippen LogP contribution is -2.45. The first-order chi connectivity index (χ1) is 11.9. The van der Waals surface area contributed by atoms with Gasteiger partial charge in [-0.15, -0.1) is 0 Å². The molecular formula is C18H16ClNO4S. The third-order valence-electron chi connectivity index (χ3n) is 4.89. The van der Waals surface area contributed by atoms with Crippen molar-refractivity contribution < 1.29 is 17.9 Å². The van der Waals surface area contributed by atoms with Crippen molar-refractivity contribution in [2.24, 2.45) is 0 Å². The maximum atomic E-state index is 12.8. The summed E-state index contributed by atoms with van der Waals surface area (Å²) < 4.78 is 32.7. The van der Waals surface area contributed by atoms with Crippen LogP contribution in [0.25, 0.3) is 0 Å². The van der Waals surface area contributed by atoms with Gasteiger partial charge >= 0.3 is 5.97 Å². The fourth-order valence-corrected chi connectivity index (χ4v) is 5.32. The summed E-state index contributed by atoms with van der Waals surface area (Å²) in [6.07, 6.45) is 0.880. The molecule has 130 valence electrons. The number of hydrogen-bond donors (Lipinski definition) is 0. The molecule has 2 heterocycles.